The maximum atomic E-state index is 11.8. The van der Waals surface area contributed by atoms with Gasteiger partial charge in [0.05, 0.1) is 13.0 Å². The maximum Gasteiger partial charge on any atom is 0.310 e. The van der Waals surface area contributed by atoms with E-state index in [4.69, 9.17) is 18.6 Å². The van der Waals surface area contributed by atoms with Crippen LogP contribution in [0.15, 0.2) is 46.9 Å². The molecule has 5 nitrogen and oxygen atoms in total. The molecule has 3 aromatic rings. The van der Waals surface area contributed by atoms with Gasteiger partial charge in [-0.2, -0.15) is 0 Å². The number of carbonyl (C=O) groups excluding carboxylic acids is 1. The van der Waals surface area contributed by atoms with Gasteiger partial charge in [0, 0.05) is 18.1 Å². The minimum absolute atomic E-state index is 0.199. The van der Waals surface area contributed by atoms with E-state index >= 15 is 0 Å². The standard InChI is InChI=1S/C22H24O5/c1-4-25-21(23)12-17-7-5-6-8-20(17)26-13-16-9-15(2)22-18(10-16)11-19(27-22)14-24-3/h5-11H,4,12-14H2,1-3H3. The third-order valence-electron chi connectivity index (χ3n) is 4.21. The molecule has 27 heavy (non-hydrogen) atoms. The molecule has 3 rings (SSSR count). The summed E-state index contributed by atoms with van der Waals surface area (Å²) in [5, 5.41) is 1.03. The largest absolute Gasteiger partial charge is 0.489 e. The van der Waals surface area contributed by atoms with Crippen LogP contribution in [0, 0.1) is 6.92 Å². The van der Waals surface area contributed by atoms with Gasteiger partial charge in [0.25, 0.3) is 0 Å². The van der Waals surface area contributed by atoms with E-state index < -0.39 is 0 Å². The summed E-state index contributed by atoms with van der Waals surface area (Å²) < 4.78 is 22.0. The smallest absolute Gasteiger partial charge is 0.310 e. The fourth-order valence-corrected chi connectivity index (χ4v) is 3.07. The number of ether oxygens (including phenoxy) is 3. The number of rotatable bonds is 8. The van der Waals surface area contributed by atoms with Crippen molar-refractivity contribution in [2.24, 2.45) is 0 Å². The van der Waals surface area contributed by atoms with Gasteiger partial charge in [-0.05, 0) is 49.2 Å². The Bertz CT molecular complexity index is 926. The van der Waals surface area contributed by atoms with Crippen molar-refractivity contribution in [1.82, 2.24) is 0 Å². The van der Waals surface area contributed by atoms with Gasteiger partial charge in [0.1, 0.15) is 30.3 Å². The van der Waals surface area contributed by atoms with Crippen LogP contribution in [0.2, 0.25) is 0 Å². The average molecular weight is 368 g/mol. The highest BCUT2D eigenvalue weighted by Crippen LogP contribution is 2.26. The lowest BCUT2D eigenvalue weighted by Crippen LogP contribution is -2.09. The molecule has 0 bridgehead atoms. The van der Waals surface area contributed by atoms with Crippen LogP contribution < -0.4 is 4.74 Å². The Hall–Kier alpha value is -2.79. The third kappa shape index (κ3) is 4.68. The first-order valence-corrected chi connectivity index (χ1v) is 8.98. The van der Waals surface area contributed by atoms with Gasteiger partial charge >= 0.3 is 5.97 Å². The van der Waals surface area contributed by atoms with Crippen LogP contribution in [0.1, 0.15) is 29.4 Å². The molecule has 0 unspecified atom stereocenters. The monoisotopic (exact) mass is 368 g/mol. The molecule has 0 N–H and O–H groups in total. The van der Waals surface area contributed by atoms with Crippen molar-refractivity contribution in [3.8, 4) is 5.75 Å². The summed E-state index contributed by atoms with van der Waals surface area (Å²) in [5.74, 6) is 1.24. The molecular weight excluding hydrogens is 344 g/mol. The zero-order valence-electron chi connectivity index (χ0n) is 15.9. The van der Waals surface area contributed by atoms with Crippen LogP contribution >= 0.6 is 0 Å². The van der Waals surface area contributed by atoms with E-state index in [1.54, 1.807) is 14.0 Å². The molecule has 0 amide bonds. The summed E-state index contributed by atoms with van der Waals surface area (Å²) in [7, 11) is 1.65. The second-order valence-electron chi connectivity index (χ2n) is 6.35. The molecule has 0 radical (unpaired) electrons. The summed E-state index contributed by atoms with van der Waals surface area (Å²) in [6, 6.07) is 13.6. The minimum atomic E-state index is -0.255. The lowest BCUT2D eigenvalue weighted by Gasteiger charge is -2.12. The predicted octanol–water partition coefficient (Wildman–Crippen LogP) is 4.57. The number of benzene rings is 2. The highest BCUT2D eigenvalue weighted by atomic mass is 16.5. The Labute approximate surface area is 158 Å². The number of fused-ring (bicyclic) bond motifs is 1. The first-order chi connectivity index (χ1) is 13.1. The molecule has 0 spiro atoms. The summed E-state index contributed by atoms with van der Waals surface area (Å²) in [5.41, 5.74) is 3.77. The molecule has 5 heteroatoms. The molecule has 0 aliphatic heterocycles. The highest BCUT2D eigenvalue weighted by Gasteiger charge is 2.11. The number of furan rings is 1. The maximum absolute atomic E-state index is 11.8. The van der Waals surface area contributed by atoms with E-state index in [9.17, 15) is 4.79 Å². The van der Waals surface area contributed by atoms with Gasteiger partial charge in [-0.25, -0.2) is 0 Å². The van der Waals surface area contributed by atoms with Crippen molar-refractivity contribution in [2.75, 3.05) is 13.7 Å². The van der Waals surface area contributed by atoms with Gasteiger partial charge in [-0.15, -0.1) is 0 Å². The van der Waals surface area contributed by atoms with Crippen LogP contribution in [0.5, 0.6) is 5.75 Å². The quantitative estimate of drug-likeness (QED) is 0.545. The lowest BCUT2D eigenvalue weighted by molar-refractivity contribution is -0.142. The van der Waals surface area contributed by atoms with E-state index in [1.807, 2.05) is 37.3 Å². The number of hydrogen-bond acceptors (Lipinski definition) is 5. The normalized spacial score (nSPS) is 10.9. The molecule has 142 valence electrons. The SMILES string of the molecule is CCOC(=O)Cc1ccccc1OCc1cc(C)c2oc(COC)cc2c1. The second-order valence-corrected chi connectivity index (χ2v) is 6.35. The van der Waals surface area contributed by atoms with Crippen molar-refractivity contribution >= 4 is 16.9 Å². The average Bonchev–Trinajstić information content (AvgIpc) is 3.05. The Morgan fingerprint density at radius 1 is 1.11 bits per heavy atom. The first-order valence-electron chi connectivity index (χ1n) is 8.98. The van der Waals surface area contributed by atoms with Crippen LogP contribution in [0.25, 0.3) is 11.0 Å². The number of para-hydroxylation sites is 1. The van der Waals surface area contributed by atoms with E-state index in [1.165, 1.54) is 0 Å². The summed E-state index contributed by atoms with van der Waals surface area (Å²) >= 11 is 0. The van der Waals surface area contributed by atoms with E-state index in [0.29, 0.717) is 25.6 Å². The number of esters is 1. The van der Waals surface area contributed by atoms with Gasteiger partial charge in [0.15, 0.2) is 0 Å². The minimum Gasteiger partial charge on any atom is -0.489 e. The zero-order valence-corrected chi connectivity index (χ0v) is 15.9. The Balaban J connectivity index is 1.76. The summed E-state index contributed by atoms with van der Waals surface area (Å²) in [6.07, 6.45) is 0.199. The van der Waals surface area contributed by atoms with Gasteiger partial charge in [-0.1, -0.05) is 18.2 Å². The molecule has 0 fully saturated rings. The predicted molar refractivity (Wildman–Crippen MR) is 103 cm³/mol. The second kappa shape index (κ2) is 8.73. The molecule has 1 aromatic heterocycles. The van der Waals surface area contributed by atoms with Crippen molar-refractivity contribution in [3.63, 3.8) is 0 Å². The van der Waals surface area contributed by atoms with Crippen LogP contribution in [-0.4, -0.2) is 19.7 Å². The van der Waals surface area contributed by atoms with Crippen molar-refractivity contribution in [2.45, 2.75) is 33.5 Å². The third-order valence-corrected chi connectivity index (χ3v) is 4.21. The highest BCUT2D eigenvalue weighted by molar-refractivity contribution is 5.82. The lowest BCUT2D eigenvalue weighted by atomic mass is 10.1. The van der Waals surface area contributed by atoms with Gasteiger partial charge in [0.2, 0.25) is 0 Å². The van der Waals surface area contributed by atoms with Crippen LogP contribution in [0.4, 0.5) is 0 Å². The summed E-state index contributed by atoms with van der Waals surface area (Å²) in [6.45, 7) is 5.03. The topological polar surface area (TPSA) is 57.9 Å². The fourth-order valence-electron chi connectivity index (χ4n) is 3.07. The number of hydrogen-bond donors (Lipinski definition) is 0. The molecule has 0 aliphatic rings. The van der Waals surface area contributed by atoms with E-state index in [0.717, 1.165) is 33.4 Å². The van der Waals surface area contributed by atoms with Crippen molar-refractivity contribution in [1.29, 1.82) is 0 Å². The molecule has 2 aromatic carbocycles. The fraction of sp³-hybridized carbons (Fsp3) is 0.318. The Kier molecular flexibility index (Phi) is 6.14. The van der Waals surface area contributed by atoms with E-state index in [2.05, 4.69) is 12.1 Å². The van der Waals surface area contributed by atoms with Gasteiger partial charge < -0.3 is 18.6 Å². The number of aryl methyl sites for hydroxylation is 1. The van der Waals surface area contributed by atoms with E-state index in [-0.39, 0.29) is 12.4 Å². The molecule has 0 saturated carbocycles. The molecule has 0 atom stereocenters. The van der Waals surface area contributed by atoms with Gasteiger partial charge in [-0.3, -0.25) is 4.79 Å². The Morgan fingerprint density at radius 2 is 1.93 bits per heavy atom. The number of carbonyl (C=O) groups is 1. The molecule has 0 saturated heterocycles. The number of methoxy groups -OCH3 is 1. The first kappa shape index (κ1) is 19.0. The van der Waals surface area contributed by atoms with Crippen LogP contribution in [0.3, 0.4) is 0 Å². The molecule has 1 heterocycles. The summed E-state index contributed by atoms with van der Waals surface area (Å²) in [4.78, 5) is 11.8. The molecule has 0 aliphatic carbocycles. The Morgan fingerprint density at radius 3 is 2.70 bits per heavy atom. The molecular formula is C22H24O5. The van der Waals surface area contributed by atoms with Crippen LogP contribution in [-0.2, 0) is 33.9 Å². The van der Waals surface area contributed by atoms with Crippen molar-refractivity contribution < 1.29 is 23.4 Å². The van der Waals surface area contributed by atoms with Crippen molar-refractivity contribution in [3.05, 3.63) is 64.9 Å². The zero-order chi connectivity index (χ0) is 19.2.